The van der Waals surface area contributed by atoms with Gasteiger partial charge in [0.15, 0.2) is 5.75 Å². The molecule has 2 fully saturated rings. The van der Waals surface area contributed by atoms with E-state index in [9.17, 15) is 14.3 Å². The van der Waals surface area contributed by atoms with Gasteiger partial charge in [-0.2, -0.15) is 0 Å². The molecule has 3 atom stereocenters. The Balaban J connectivity index is 1.58. The summed E-state index contributed by atoms with van der Waals surface area (Å²) in [7, 11) is 0. The third-order valence-electron chi connectivity index (χ3n) is 7.48. The van der Waals surface area contributed by atoms with E-state index in [1.807, 2.05) is 39.0 Å². The number of aromatic nitrogens is 2. The van der Waals surface area contributed by atoms with Crippen molar-refractivity contribution in [2.45, 2.75) is 58.3 Å². The number of amides is 1. The second kappa shape index (κ2) is 10.5. The Labute approximate surface area is 228 Å². The van der Waals surface area contributed by atoms with Crippen LogP contribution < -0.4 is 10.1 Å². The summed E-state index contributed by atoms with van der Waals surface area (Å²) < 4.78 is 26.7. The molecule has 2 aromatic carbocycles. The lowest BCUT2D eigenvalue weighted by Gasteiger charge is -2.35. The van der Waals surface area contributed by atoms with E-state index in [0.29, 0.717) is 40.4 Å². The molecule has 2 saturated heterocycles. The van der Waals surface area contributed by atoms with Crippen molar-refractivity contribution in [3.05, 3.63) is 72.1 Å². The molecular weight excluding hydrogens is 499 g/mol. The van der Waals surface area contributed by atoms with Crippen molar-refractivity contribution in [1.82, 2.24) is 20.2 Å². The number of rotatable bonds is 5. The van der Waals surface area contributed by atoms with Crippen molar-refractivity contribution in [3.63, 3.8) is 0 Å². The van der Waals surface area contributed by atoms with Crippen LogP contribution in [0.5, 0.6) is 11.5 Å². The zero-order valence-electron chi connectivity index (χ0n) is 22.8. The topological polar surface area (TPSA) is 96.8 Å². The average molecular weight is 535 g/mol. The Bertz CT molecular complexity index is 1350. The highest BCUT2D eigenvalue weighted by molar-refractivity contribution is 5.74. The van der Waals surface area contributed by atoms with Gasteiger partial charge in [-0.25, -0.2) is 19.2 Å². The fourth-order valence-electron chi connectivity index (χ4n) is 5.74. The van der Waals surface area contributed by atoms with E-state index in [0.717, 1.165) is 25.9 Å². The Hall–Kier alpha value is -3.56. The molecule has 2 N–H and O–H groups in total. The van der Waals surface area contributed by atoms with Crippen molar-refractivity contribution in [2.75, 3.05) is 19.6 Å². The first-order chi connectivity index (χ1) is 18.6. The number of nitrogens with zero attached hydrogens (tertiary/aromatic N) is 3. The molecule has 2 aliphatic rings. The molecule has 1 aromatic heterocycles. The molecule has 1 spiro atoms. The van der Waals surface area contributed by atoms with Gasteiger partial charge >= 0.3 is 6.09 Å². The number of carbonyl (C=O) groups is 1. The highest BCUT2D eigenvalue weighted by Crippen LogP contribution is 2.53. The molecule has 2 aliphatic heterocycles. The second-order valence-corrected chi connectivity index (χ2v) is 11.4. The highest BCUT2D eigenvalue weighted by atomic mass is 19.1. The first-order valence-electron chi connectivity index (χ1n) is 13.3. The van der Waals surface area contributed by atoms with E-state index in [4.69, 9.17) is 9.47 Å². The molecule has 3 heterocycles. The number of ether oxygens (including phenoxy) is 2. The number of hydrogen-bond donors (Lipinski definition) is 2. The normalized spacial score (nSPS) is 21.8. The van der Waals surface area contributed by atoms with Crippen LogP contribution in [-0.2, 0) is 4.74 Å². The van der Waals surface area contributed by atoms with Crippen molar-refractivity contribution in [3.8, 4) is 22.6 Å². The van der Waals surface area contributed by atoms with Crippen LogP contribution in [0.4, 0.5) is 9.18 Å². The van der Waals surface area contributed by atoms with Gasteiger partial charge in [0.2, 0.25) is 0 Å². The van der Waals surface area contributed by atoms with E-state index < -0.39 is 29.7 Å². The van der Waals surface area contributed by atoms with Crippen molar-refractivity contribution in [1.29, 1.82) is 0 Å². The summed E-state index contributed by atoms with van der Waals surface area (Å²) in [5.74, 6) is 0.345. The van der Waals surface area contributed by atoms with Crippen LogP contribution in [0.3, 0.4) is 0 Å². The molecule has 0 radical (unpaired) electrons. The molecule has 206 valence electrons. The highest BCUT2D eigenvalue weighted by Gasteiger charge is 2.53. The van der Waals surface area contributed by atoms with Gasteiger partial charge < -0.3 is 19.9 Å². The van der Waals surface area contributed by atoms with Gasteiger partial charge in [-0.3, -0.25) is 4.90 Å². The predicted octanol–water partition coefficient (Wildman–Crippen LogP) is 5.79. The third-order valence-corrected chi connectivity index (χ3v) is 7.48. The molecule has 0 bridgehead atoms. The monoisotopic (exact) mass is 534 g/mol. The summed E-state index contributed by atoms with van der Waals surface area (Å²) in [4.78, 5) is 24.0. The summed E-state index contributed by atoms with van der Waals surface area (Å²) in [5, 5.41) is 13.8. The molecule has 5 rings (SSSR count). The van der Waals surface area contributed by atoms with E-state index >= 15 is 0 Å². The second-order valence-electron chi connectivity index (χ2n) is 11.4. The molecule has 3 unspecified atom stereocenters. The Morgan fingerprint density at radius 1 is 1.18 bits per heavy atom. The number of aliphatic hydroxyl groups is 1. The minimum atomic E-state index is -0.761. The third kappa shape index (κ3) is 5.46. The standard InChI is InChI=1S/C30H35FN4O4/c1-19(36)21-7-5-6-8-22(21)23-15-20(31)9-10-24(23)38-25-16-33-18-34-26(25)27-30(11-13-32-17-30)12-14-35(27)28(37)39-29(2,3)4/h5-10,15-16,18-19,27,32,36H,11-14,17H2,1-4H3. The molecule has 0 aliphatic carbocycles. The van der Waals surface area contributed by atoms with E-state index in [1.54, 1.807) is 30.2 Å². The zero-order valence-corrected chi connectivity index (χ0v) is 22.8. The van der Waals surface area contributed by atoms with E-state index in [-0.39, 0.29) is 5.41 Å². The molecule has 9 heteroatoms. The SMILES string of the molecule is CC(O)c1ccccc1-c1cc(F)ccc1Oc1cncnc1C1N(C(=O)OC(C)(C)C)CCC12CCNC2. The number of nitrogens with one attached hydrogen (secondary N) is 1. The van der Waals surface area contributed by atoms with Crippen LogP contribution in [0, 0.1) is 11.2 Å². The summed E-state index contributed by atoms with van der Waals surface area (Å²) in [6.45, 7) is 9.34. The van der Waals surface area contributed by atoms with Gasteiger partial charge in [-0.05, 0) is 76.4 Å². The molecule has 39 heavy (non-hydrogen) atoms. The van der Waals surface area contributed by atoms with Gasteiger partial charge in [-0.1, -0.05) is 24.3 Å². The van der Waals surface area contributed by atoms with E-state index in [1.165, 1.54) is 18.5 Å². The lowest BCUT2D eigenvalue weighted by molar-refractivity contribution is 0.0160. The Morgan fingerprint density at radius 3 is 2.69 bits per heavy atom. The Kier molecular flexibility index (Phi) is 7.31. The van der Waals surface area contributed by atoms with Gasteiger partial charge in [0, 0.05) is 24.1 Å². The molecule has 0 saturated carbocycles. The van der Waals surface area contributed by atoms with Crippen LogP contribution in [0.25, 0.3) is 11.1 Å². The molecular formula is C30H35FN4O4. The average Bonchev–Trinajstić information content (AvgIpc) is 3.52. The fourth-order valence-corrected chi connectivity index (χ4v) is 5.74. The minimum Gasteiger partial charge on any atom is -0.453 e. The summed E-state index contributed by atoms with van der Waals surface area (Å²) in [5.41, 5.74) is 1.52. The minimum absolute atomic E-state index is 0.228. The molecule has 8 nitrogen and oxygen atoms in total. The quantitative estimate of drug-likeness (QED) is 0.428. The molecule has 3 aromatic rings. The van der Waals surface area contributed by atoms with Crippen molar-refractivity contribution in [2.24, 2.45) is 5.41 Å². The zero-order chi connectivity index (χ0) is 27.8. The van der Waals surface area contributed by atoms with Gasteiger partial charge in [0.25, 0.3) is 0 Å². The lowest BCUT2D eigenvalue weighted by Crippen LogP contribution is -2.40. The lowest BCUT2D eigenvalue weighted by atomic mass is 9.78. The van der Waals surface area contributed by atoms with Crippen molar-refractivity contribution >= 4 is 6.09 Å². The number of benzene rings is 2. The number of carbonyl (C=O) groups excluding carboxylic acids is 1. The first-order valence-corrected chi connectivity index (χ1v) is 13.3. The maximum atomic E-state index is 14.5. The fraction of sp³-hybridized carbons (Fsp3) is 0.433. The first kappa shape index (κ1) is 27.0. The maximum absolute atomic E-state index is 14.5. The smallest absolute Gasteiger partial charge is 0.410 e. The number of aliphatic hydroxyl groups excluding tert-OH is 1. The summed E-state index contributed by atoms with van der Waals surface area (Å²) in [6, 6.07) is 11.2. The van der Waals surface area contributed by atoms with Crippen LogP contribution in [0.2, 0.25) is 0 Å². The molecule has 1 amide bonds. The van der Waals surface area contributed by atoms with Crippen LogP contribution in [0.15, 0.2) is 55.0 Å². The Morgan fingerprint density at radius 2 is 1.97 bits per heavy atom. The van der Waals surface area contributed by atoms with Crippen LogP contribution >= 0.6 is 0 Å². The van der Waals surface area contributed by atoms with Crippen molar-refractivity contribution < 1.29 is 23.8 Å². The maximum Gasteiger partial charge on any atom is 0.410 e. The number of hydrogen-bond acceptors (Lipinski definition) is 7. The largest absolute Gasteiger partial charge is 0.453 e. The van der Waals surface area contributed by atoms with Gasteiger partial charge in [0.05, 0.1) is 18.3 Å². The summed E-state index contributed by atoms with van der Waals surface area (Å²) in [6.07, 6.45) is 3.56. The van der Waals surface area contributed by atoms with Gasteiger partial charge in [-0.15, -0.1) is 0 Å². The predicted molar refractivity (Wildman–Crippen MR) is 145 cm³/mol. The summed E-state index contributed by atoms with van der Waals surface area (Å²) >= 11 is 0. The van der Waals surface area contributed by atoms with Gasteiger partial charge in [0.1, 0.15) is 29.2 Å². The number of likely N-dealkylation sites (tertiary alicyclic amines) is 1. The van der Waals surface area contributed by atoms with E-state index in [2.05, 4.69) is 15.3 Å². The van der Waals surface area contributed by atoms with Crippen LogP contribution in [-0.4, -0.2) is 51.3 Å². The van der Waals surface area contributed by atoms with Crippen LogP contribution in [0.1, 0.15) is 63.9 Å². The number of halogens is 1.